The highest BCUT2D eigenvalue weighted by Crippen LogP contribution is 2.28. The first-order valence-corrected chi connectivity index (χ1v) is 5.04. The number of halogens is 2. The van der Waals surface area contributed by atoms with Crippen LogP contribution in [0.15, 0.2) is 22.7 Å². The summed E-state index contributed by atoms with van der Waals surface area (Å²) in [6.07, 6.45) is 2.84. The van der Waals surface area contributed by atoms with Crippen molar-refractivity contribution in [3.63, 3.8) is 0 Å². The fourth-order valence-corrected chi connectivity index (χ4v) is 1.79. The molecule has 0 saturated heterocycles. The largest absolute Gasteiger partial charge is 0.254 e. The first-order valence-electron chi connectivity index (χ1n) is 3.47. The Morgan fingerprint density at radius 1 is 1.29 bits per heavy atom. The van der Waals surface area contributed by atoms with Crippen molar-refractivity contribution < 1.29 is 0 Å². The SMILES string of the molecule is Clc1ncc(Cl)c(Sc2ncn[nH]2)n1. The Balaban J connectivity index is 2.28. The zero-order chi connectivity index (χ0) is 9.97. The summed E-state index contributed by atoms with van der Waals surface area (Å²) in [7, 11) is 0. The molecule has 0 saturated carbocycles. The second-order valence-electron chi connectivity index (χ2n) is 2.18. The second kappa shape index (κ2) is 4.12. The fraction of sp³-hybridized carbons (Fsp3) is 0. The fourth-order valence-electron chi connectivity index (χ4n) is 0.738. The van der Waals surface area contributed by atoms with E-state index in [0.717, 1.165) is 0 Å². The smallest absolute Gasteiger partial charge is 0.223 e. The van der Waals surface area contributed by atoms with Crippen LogP contribution in [0.1, 0.15) is 0 Å². The van der Waals surface area contributed by atoms with Crippen molar-refractivity contribution in [2.75, 3.05) is 0 Å². The molecule has 2 rings (SSSR count). The van der Waals surface area contributed by atoms with E-state index in [1.165, 1.54) is 24.3 Å². The van der Waals surface area contributed by atoms with Gasteiger partial charge in [0, 0.05) is 0 Å². The number of nitrogens with zero attached hydrogens (tertiary/aromatic N) is 4. The van der Waals surface area contributed by atoms with Gasteiger partial charge >= 0.3 is 0 Å². The third-order valence-corrected chi connectivity index (χ3v) is 2.73. The summed E-state index contributed by atoms with van der Waals surface area (Å²) in [4.78, 5) is 11.6. The minimum Gasteiger partial charge on any atom is -0.254 e. The molecule has 8 heteroatoms. The number of aromatic amines is 1. The highest BCUT2D eigenvalue weighted by molar-refractivity contribution is 7.99. The highest BCUT2D eigenvalue weighted by atomic mass is 35.5. The molecule has 0 bridgehead atoms. The lowest BCUT2D eigenvalue weighted by Crippen LogP contribution is -1.87. The zero-order valence-corrected chi connectivity index (χ0v) is 8.94. The number of nitrogens with one attached hydrogen (secondary N) is 1. The van der Waals surface area contributed by atoms with Crippen LogP contribution in [0.4, 0.5) is 0 Å². The molecule has 0 unspecified atom stereocenters. The molecule has 0 atom stereocenters. The Hall–Kier alpha value is -0.850. The molecular formula is C6H3Cl2N5S. The molecule has 14 heavy (non-hydrogen) atoms. The summed E-state index contributed by atoms with van der Waals surface area (Å²) in [5, 5.41) is 8.09. The number of aromatic nitrogens is 5. The Morgan fingerprint density at radius 2 is 2.14 bits per heavy atom. The molecule has 0 aliphatic heterocycles. The molecule has 0 aliphatic carbocycles. The van der Waals surface area contributed by atoms with Gasteiger partial charge in [0.1, 0.15) is 11.4 Å². The van der Waals surface area contributed by atoms with Crippen LogP contribution in [-0.2, 0) is 0 Å². The molecule has 0 aromatic carbocycles. The van der Waals surface area contributed by atoms with Crippen LogP contribution in [0.25, 0.3) is 0 Å². The first kappa shape index (κ1) is 9.70. The normalized spacial score (nSPS) is 10.4. The van der Waals surface area contributed by atoms with Gasteiger partial charge in [-0.3, -0.25) is 5.10 Å². The molecule has 2 heterocycles. The van der Waals surface area contributed by atoms with Gasteiger partial charge in [0.05, 0.1) is 11.2 Å². The van der Waals surface area contributed by atoms with Crippen LogP contribution in [0.3, 0.4) is 0 Å². The Labute approximate surface area is 93.3 Å². The van der Waals surface area contributed by atoms with Gasteiger partial charge in [-0.05, 0) is 23.4 Å². The third-order valence-electron chi connectivity index (χ3n) is 1.27. The lowest BCUT2D eigenvalue weighted by Gasteiger charge is -1.98. The second-order valence-corrected chi connectivity index (χ2v) is 3.91. The molecule has 0 fully saturated rings. The molecule has 0 amide bonds. The lowest BCUT2D eigenvalue weighted by molar-refractivity contribution is 0.962. The van der Waals surface area contributed by atoms with Gasteiger partial charge in [0.25, 0.3) is 0 Å². The van der Waals surface area contributed by atoms with Crippen molar-refractivity contribution in [1.29, 1.82) is 0 Å². The zero-order valence-electron chi connectivity index (χ0n) is 6.61. The van der Waals surface area contributed by atoms with Gasteiger partial charge in [-0.1, -0.05) is 11.6 Å². The van der Waals surface area contributed by atoms with E-state index in [0.29, 0.717) is 15.2 Å². The Bertz CT molecular complexity index is 432. The van der Waals surface area contributed by atoms with Crippen molar-refractivity contribution in [2.24, 2.45) is 0 Å². The van der Waals surface area contributed by atoms with Gasteiger partial charge in [-0.2, -0.15) is 5.10 Å². The number of H-pyrrole nitrogens is 1. The van der Waals surface area contributed by atoms with Crippen molar-refractivity contribution in [3.05, 3.63) is 22.8 Å². The maximum atomic E-state index is 5.85. The molecule has 0 aliphatic rings. The van der Waals surface area contributed by atoms with Gasteiger partial charge in [-0.15, -0.1) is 0 Å². The van der Waals surface area contributed by atoms with E-state index in [9.17, 15) is 0 Å². The summed E-state index contributed by atoms with van der Waals surface area (Å²) in [6, 6.07) is 0. The van der Waals surface area contributed by atoms with Crippen LogP contribution in [0.2, 0.25) is 10.3 Å². The van der Waals surface area contributed by atoms with Crippen LogP contribution in [0.5, 0.6) is 0 Å². The minimum absolute atomic E-state index is 0.149. The maximum Gasteiger partial charge on any atom is 0.223 e. The van der Waals surface area contributed by atoms with Gasteiger partial charge in [-0.25, -0.2) is 15.0 Å². The standard InChI is InChI=1S/C6H3Cl2N5S/c7-3-1-9-5(8)12-4(3)14-6-10-2-11-13-6/h1-2H,(H,10,11,13). The summed E-state index contributed by atoms with van der Waals surface area (Å²) >= 11 is 12.7. The predicted molar refractivity (Wildman–Crippen MR) is 52.6 cm³/mol. The van der Waals surface area contributed by atoms with Crippen molar-refractivity contribution in [3.8, 4) is 0 Å². The van der Waals surface area contributed by atoms with E-state index in [-0.39, 0.29) is 5.28 Å². The van der Waals surface area contributed by atoms with Gasteiger partial charge < -0.3 is 0 Å². The van der Waals surface area contributed by atoms with Crippen LogP contribution in [0, 0.1) is 0 Å². The van der Waals surface area contributed by atoms with Crippen LogP contribution in [-0.4, -0.2) is 25.1 Å². The van der Waals surface area contributed by atoms with E-state index in [1.807, 2.05) is 0 Å². The highest BCUT2D eigenvalue weighted by Gasteiger charge is 2.07. The lowest BCUT2D eigenvalue weighted by atomic mass is 10.7. The summed E-state index contributed by atoms with van der Waals surface area (Å²) < 4.78 is 0. The first-order chi connectivity index (χ1) is 6.75. The average Bonchev–Trinajstić information content (AvgIpc) is 2.64. The number of rotatable bonds is 2. The molecular weight excluding hydrogens is 245 g/mol. The Kier molecular flexibility index (Phi) is 2.85. The molecule has 1 N–H and O–H groups in total. The quantitative estimate of drug-likeness (QED) is 0.650. The van der Waals surface area contributed by atoms with Crippen LogP contribution < -0.4 is 0 Å². The van der Waals surface area contributed by atoms with E-state index in [1.54, 1.807) is 0 Å². The third kappa shape index (κ3) is 2.14. The van der Waals surface area contributed by atoms with E-state index < -0.39 is 0 Å². The van der Waals surface area contributed by atoms with Gasteiger partial charge in [0.15, 0.2) is 5.16 Å². The van der Waals surface area contributed by atoms with E-state index >= 15 is 0 Å². The number of hydrogen-bond acceptors (Lipinski definition) is 5. The average molecular weight is 248 g/mol. The maximum absolute atomic E-state index is 5.85. The predicted octanol–water partition coefficient (Wildman–Crippen LogP) is 2.05. The summed E-state index contributed by atoms with van der Waals surface area (Å²) in [5.41, 5.74) is 0. The topological polar surface area (TPSA) is 67.3 Å². The van der Waals surface area contributed by atoms with Crippen molar-refractivity contribution in [1.82, 2.24) is 25.1 Å². The van der Waals surface area contributed by atoms with Crippen molar-refractivity contribution in [2.45, 2.75) is 10.2 Å². The Morgan fingerprint density at radius 3 is 2.86 bits per heavy atom. The van der Waals surface area contributed by atoms with Gasteiger partial charge in [0.2, 0.25) is 5.28 Å². The molecule has 2 aromatic rings. The van der Waals surface area contributed by atoms with Crippen molar-refractivity contribution >= 4 is 35.0 Å². The van der Waals surface area contributed by atoms with E-state index in [4.69, 9.17) is 23.2 Å². The molecule has 72 valence electrons. The summed E-state index contributed by atoms with van der Waals surface area (Å²) in [6.45, 7) is 0. The molecule has 0 radical (unpaired) electrons. The number of hydrogen-bond donors (Lipinski definition) is 1. The molecule has 2 aromatic heterocycles. The monoisotopic (exact) mass is 247 g/mol. The van der Waals surface area contributed by atoms with Crippen LogP contribution >= 0.6 is 35.0 Å². The molecule has 5 nitrogen and oxygen atoms in total. The minimum atomic E-state index is 0.149. The van der Waals surface area contributed by atoms with E-state index in [2.05, 4.69) is 25.1 Å². The summed E-state index contributed by atoms with van der Waals surface area (Å²) in [5.74, 6) is 0. The molecule has 0 spiro atoms.